The lowest BCUT2D eigenvalue weighted by Gasteiger charge is -2.33. The summed E-state index contributed by atoms with van der Waals surface area (Å²) in [5.41, 5.74) is 2.42. The Morgan fingerprint density at radius 3 is 2.61 bits per heavy atom. The van der Waals surface area contributed by atoms with Gasteiger partial charge in [0.1, 0.15) is 5.82 Å². The highest BCUT2D eigenvalue weighted by molar-refractivity contribution is 5.80. The number of rotatable bonds is 6. The molecule has 1 aromatic carbocycles. The molecule has 0 radical (unpaired) electrons. The maximum absolute atomic E-state index is 4.79. The first-order chi connectivity index (χ1) is 13.7. The molecule has 1 saturated heterocycles. The van der Waals surface area contributed by atoms with Gasteiger partial charge >= 0.3 is 0 Å². The average molecular weight is 381 g/mol. The molecule has 0 aliphatic carbocycles. The fourth-order valence-corrected chi connectivity index (χ4v) is 3.29. The van der Waals surface area contributed by atoms with Crippen molar-refractivity contribution in [1.29, 1.82) is 0 Å². The third-order valence-electron chi connectivity index (χ3n) is 5.05. The zero-order valence-electron chi connectivity index (χ0n) is 17.2. The Morgan fingerprint density at radius 1 is 1.14 bits per heavy atom. The molecule has 1 unspecified atom stereocenters. The Hall–Kier alpha value is -2.60. The molecule has 28 heavy (non-hydrogen) atoms. The first kappa shape index (κ1) is 20.1. The van der Waals surface area contributed by atoms with Gasteiger partial charge in [0.05, 0.1) is 12.6 Å². The number of aromatic nitrogens is 1. The van der Waals surface area contributed by atoms with Crippen molar-refractivity contribution in [3.63, 3.8) is 0 Å². The summed E-state index contributed by atoms with van der Waals surface area (Å²) >= 11 is 0. The number of pyridine rings is 1. The van der Waals surface area contributed by atoms with Crippen molar-refractivity contribution in [3.8, 4) is 0 Å². The monoisotopic (exact) mass is 380 g/mol. The van der Waals surface area contributed by atoms with E-state index in [0.29, 0.717) is 6.54 Å². The molecule has 1 aliphatic heterocycles. The summed E-state index contributed by atoms with van der Waals surface area (Å²) in [7, 11) is 2.17. The van der Waals surface area contributed by atoms with Crippen LogP contribution in [0, 0.1) is 0 Å². The van der Waals surface area contributed by atoms with Crippen LogP contribution in [0.3, 0.4) is 0 Å². The first-order valence-electron chi connectivity index (χ1n) is 10.1. The van der Waals surface area contributed by atoms with E-state index in [1.54, 1.807) is 0 Å². The second-order valence-electron chi connectivity index (χ2n) is 7.28. The topological polar surface area (TPSA) is 55.8 Å². The van der Waals surface area contributed by atoms with Gasteiger partial charge < -0.3 is 20.4 Å². The van der Waals surface area contributed by atoms with Crippen LogP contribution in [0.4, 0.5) is 5.82 Å². The van der Waals surface area contributed by atoms with Gasteiger partial charge in [0.2, 0.25) is 0 Å². The van der Waals surface area contributed by atoms with E-state index >= 15 is 0 Å². The Kier molecular flexibility index (Phi) is 7.25. The lowest BCUT2D eigenvalue weighted by Crippen LogP contribution is -2.44. The Labute approximate surface area is 168 Å². The van der Waals surface area contributed by atoms with Crippen molar-refractivity contribution in [2.24, 2.45) is 4.99 Å². The molecule has 1 atom stereocenters. The highest BCUT2D eigenvalue weighted by atomic mass is 15.3. The maximum Gasteiger partial charge on any atom is 0.192 e. The van der Waals surface area contributed by atoms with Gasteiger partial charge in [-0.25, -0.2) is 9.98 Å². The number of likely N-dealkylation sites (N-methyl/N-ethyl adjacent to an activating group) is 1. The van der Waals surface area contributed by atoms with Crippen LogP contribution in [-0.4, -0.2) is 55.6 Å². The smallest absolute Gasteiger partial charge is 0.192 e. The minimum absolute atomic E-state index is 0.192. The van der Waals surface area contributed by atoms with Gasteiger partial charge in [0, 0.05) is 38.9 Å². The van der Waals surface area contributed by atoms with E-state index in [-0.39, 0.29) is 6.04 Å². The van der Waals surface area contributed by atoms with Crippen molar-refractivity contribution in [1.82, 2.24) is 20.5 Å². The number of aliphatic imine (C=N–C) groups is 1. The fourth-order valence-electron chi connectivity index (χ4n) is 3.29. The molecule has 0 amide bonds. The summed E-state index contributed by atoms with van der Waals surface area (Å²) in [5.74, 6) is 1.88. The van der Waals surface area contributed by atoms with E-state index in [1.165, 1.54) is 11.1 Å². The summed E-state index contributed by atoms with van der Waals surface area (Å²) in [6.07, 6.45) is 1.89. The lowest BCUT2D eigenvalue weighted by atomic mass is 10.1. The molecule has 1 fully saturated rings. The molecular weight excluding hydrogens is 348 g/mol. The van der Waals surface area contributed by atoms with Crippen molar-refractivity contribution in [3.05, 3.63) is 59.8 Å². The highest BCUT2D eigenvalue weighted by Crippen LogP contribution is 2.16. The van der Waals surface area contributed by atoms with Crippen LogP contribution in [-0.2, 0) is 6.54 Å². The van der Waals surface area contributed by atoms with E-state index in [0.717, 1.165) is 44.5 Å². The van der Waals surface area contributed by atoms with Crippen LogP contribution in [0.25, 0.3) is 0 Å². The second kappa shape index (κ2) is 10.1. The van der Waals surface area contributed by atoms with E-state index in [1.807, 2.05) is 18.3 Å². The molecule has 150 valence electrons. The predicted octanol–water partition coefficient (Wildman–Crippen LogP) is 2.65. The molecule has 1 aromatic heterocycles. The van der Waals surface area contributed by atoms with Crippen LogP contribution in [0.5, 0.6) is 0 Å². The second-order valence-corrected chi connectivity index (χ2v) is 7.28. The van der Waals surface area contributed by atoms with Gasteiger partial charge in [-0.15, -0.1) is 0 Å². The molecule has 0 spiro atoms. The molecule has 2 heterocycles. The summed E-state index contributed by atoms with van der Waals surface area (Å²) in [6, 6.07) is 14.8. The zero-order valence-corrected chi connectivity index (χ0v) is 17.2. The fraction of sp³-hybridized carbons (Fsp3) is 0.455. The summed E-state index contributed by atoms with van der Waals surface area (Å²) in [4.78, 5) is 14.1. The lowest BCUT2D eigenvalue weighted by molar-refractivity contribution is 0.312. The molecule has 0 bridgehead atoms. The van der Waals surface area contributed by atoms with Gasteiger partial charge in [-0.3, -0.25) is 0 Å². The van der Waals surface area contributed by atoms with Crippen LogP contribution in [0.1, 0.15) is 31.0 Å². The number of hydrogen-bond donors (Lipinski definition) is 2. The maximum atomic E-state index is 4.79. The van der Waals surface area contributed by atoms with Crippen molar-refractivity contribution >= 4 is 11.8 Å². The van der Waals surface area contributed by atoms with E-state index < -0.39 is 0 Å². The number of nitrogens with one attached hydrogen (secondary N) is 2. The van der Waals surface area contributed by atoms with E-state index in [2.05, 4.69) is 76.6 Å². The van der Waals surface area contributed by atoms with Crippen LogP contribution in [0.15, 0.2) is 53.7 Å². The van der Waals surface area contributed by atoms with Crippen molar-refractivity contribution in [2.75, 3.05) is 44.7 Å². The molecule has 6 heteroatoms. The number of nitrogens with zero attached hydrogens (tertiary/aromatic N) is 4. The van der Waals surface area contributed by atoms with E-state index in [9.17, 15) is 0 Å². The zero-order chi connectivity index (χ0) is 19.8. The van der Waals surface area contributed by atoms with Crippen LogP contribution < -0.4 is 15.5 Å². The molecule has 6 nitrogen and oxygen atoms in total. The largest absolute Gasteiger partial charge is 0.357 e. The Bertz CT molecular complexity index is 753. The average Bonchev–Trinajstić information content (AvgIpc) is 2.73. The third kappa shape index (κ3) is 5.70. The highest BCUT2D eigenvalue weighted by Gasteiger charge is 2.15. The molecule has 0 saturated carbocycles. The van der Waals surface area contributed by atoms with Gasteiger partial charge in [-0.2, -0.15) is 0 Å². The molecular formula is C22H32N6. The minimum Gasteiger partial charge on any atom is -0.357 e. The number of hydrogen-bond acceptors (Lipinski definition) is 4. The molecule has 2 aromatic rings. The number of guanidine groups is 1. The summed E-state index contributed by atoms with van der Waals surface area (Å²) in [5, 5.41) is 6.84. The van der Waals surface area contributed by atoms with Gasteiger partial charge in [-0.1, -0.05) is 30.3 Å². The predicted molar refractivity (Wildman–Crippen MR) is 117 cm³/mol. The number of piperazine rings is 1. The molecule has 2 N–H and O–H groups in total. The van der Waals surface area contributed by atoms with E-state index in [4.69, 9.17) is 4.99 Å². The normalized spacial score (nSPS) is 16.7. The third-order valence-corrected chi connectivity index (χ3v) is 5.05. The molecule has 1 aliphatic rings. The van der Waals surface area contributed by atoms with Crippen LogP contribution in [0.2, 0.25) is 0 Å². The van der Waals surface area contributed by atoms with Crippen molar-refractivity contribution < 1.29 is 0 Å². The Balaban J connectivity index is 1.65. The quantitative estimate of drug-likeness (QED) is 0.596. The summed E-state index contributed by atoms with van der Waals surface area (Å²) < 4.78 is 0. The SMILES string of the molecule is CCNC(=NCc1ccnc(N2CCN(C)CC2)c1)NC(C)c1ccccc1. The summed E-state index contributed by atoms with van der Waals surface area (Å²) in [6.45, 7) is 9.90. The minimum atomic E-state index is 0.192. The van der Waals surface area contributed by atoms with Gasteiger partial charge in [0.25, 0.3) is 0 Å². The molecule has 3 rings (SSSR count). The van der Waals surface area contributed by atoms with Crippen LogP contribution >= 0.6 is 0 Å². The Morgan fingerprint density at radius 2 is 1.89 bits per heavy atom. The first-order valence-corrected chi connectivity index (χ1v) is 10.1. The van der Waals surface area contributed by atoms with Gasteiger partial charge in [-0.05, 0) is 44.2 Å². The number of benzene rings is 1. The standard InChI is InChI=1S/C22H32N6/c1-4-23-22(26-18(2)20-8-6-5-7-9-20)25-17-19-10-11-24-21(16-19)28-14-12-27(3)13-15-28/h5-11,16,18H,4,12-15,17H2,1-3H3,(H2,23,25,26). The number of anilines is 1. The van der Waals surface area contributed by atoms with Crippen molar-refractivity contribution in [2.45, 2.75) is 26.4 Å². The van der Waals surface area contributed by atoms with Gasteiger partial charge in [0.15, 0.2) is 5.96 Å².